The van der Waals surface area contributed by atoms with Crippen molar-refractivity contribution in [3.8, 4) is 6.07 Å². The van der Waals surface area contributed by atoms with E-state index < -0.39 is 0 Å². The molecule has 1 aromatic rings. The minimum atomic E-state index is -0.292. The van der Waals surface area contributed by atoms with Crippen LogP contribution in [0, 0.1) is 11.3 Å². The van der Waals surface area contributed by atoms with Gasteiger partial charge in [-0.05, 0) is 30.8 Å². The summed E-state index contributed by atoms with van der Waals surface area (Å²) in [7, 11) is 0. The van der Waals surface area contributed by atoms with Crippen molar-refractivity contribution in [3.63, 3.8) is 0 Å². The quantitative estimate of drug-likeness (QED) is 0.824. The van der Waals surface area contributed by atoms with E-state index in [1.54, 1.807) is 0 Å². The standard InChI is InChI=1S/C14H20ClN3/c1-3-18(4-2)9-8-17-14(11-16)12-6-5-7-13(15)10-12/h5-7,10,14,17H,3-4,8-9H2,1-2H3. The number of benzene rings is 1. The number of hydrogen-bond donors (Lipinski definition) is 1. The summed E-state index contributed by atoms with van der Waals surface area (Å²) >= 11 is 5.93. The van der Waals surface area contributed by atoms with Gasteiger partial charge in [-0.25, -0.2) is 0 Å². The highest BCUT2D eigenvalue weighted by Gasteiger charge is 2.10. The van der Waals surface area contributed by atoms with Crippen molar-refractivity contribution < 1.29 is 0 Å². The maximum Gasteiger partial charge on any atom is 0.121 e. The summed E-state index contributed by atoms with van der Waals surface area (Å²) in [6.07, 6.45) is 0. The van der Waals surface area contributed by atoms with Crippen LogP contribution in [-0.2, 0) is 0 Å². The molecule has 0 heterocycles. The number of likely N-dealkylation sites (N-methyl/N-ethyl adjacent to an activating group) is 1. The number of halogens is 1. The third kappa shape index (κ3) is 4.66. The Morgan fingerprint density at radius 3 is 2.67 bits per heavy atom. The third-order valence-corrected chi connectivity index (χ3v) is 3.22. The predicted octanol–water partition coefficient (Wildman–Crippen LogP) is 2.84. The van der Waals surface area contributed by atoms with Crippen LogP contribution in [0.2, 0.25) is 5.02 Å². The van der Waals surface area contributed by atoms with Crippen LogP contribution in [0.15, 0.2) is 24.3 Å². The molecule has 0 aromatic heterocycles. The molecule has 0 amide bonds. The average Bonchev–Trinajstić information content (AvgIpc) is 2.39. The molecule has 0 fully saturated rings. The molecule has 3 nitrogen and oxygen atoms in total. The molecule has 4 heteroatoms. The first kappa shape index (κ1) is 15.0. The summed E-state index contributed by atoms with van der Waals surface area (Å²) < 4.78 is 0. The van der Waals surface area contributed by atoms with Gasteiger partial charge in [0, 0.05) is 18.1 Å². The van der Waals surface area contributed by atoms with E-state index in [4.69, 9.17) is 11.6 Å². The van der Waals surface area contributed by atoms with Gasteiger partial charge in [-0.2, -0.15) is 5.26 Å². The van der Waals surface area contributed by atoms with Crippen LogP contribution in [0.4, 0.5) is 0 Å². The largest absolute Gasteiger partial charge is 0.303 e. The monoisotopic (exact) mass is 265 g/mol. The lowest BCUT2D eigenvalue weighted by atomic mass is 10.1. The minimum Gasteiger partial charge on any atom is -0.303 e. The molecule has 1 rings (SSSR count). The van der Waals surface area contributed by atoms with Crippen LogP contribution in [0.1, 0.15) is 25.5 Å². The summed E-state index contributed by atoms with van der Waals surface area (Å²) in [5.74, 6) is 0. The Morgan fingerprint density at radius 1 is 1.39 bits per heavy atom. The zero-order valence-electron chi connectivity index (χ0n) is 11.0. The van der Waals surface area contributed by atoms with Crippen LogP contribution < -0.4 is 5.32 Å². The Kier molecular flexibility index (Phi) is 6.74. The van der Waals surface area contributed by atoms with Gasteiger partial charge >= 0.3 is 0 Å². The van der Waals surface area contributed by atoms with Crippen molar-refractivity contribution in [2.45, 2.75) is 19.9 Å². The molecule has 0 saturated carbocycles. The number of nitriles is 1. The van der Waals surface area contributed by atoms with Crippen molar-refractivity contribution in [3.05, 3.63) is 34.9 Å². The first-order chi connectivity index (χ1) is 8.71. The van der Waals surface area contributed by atoms with Crippen molar-refractivity contribution in [2.24, 2.45) is 0 Å². The summed E-state index contributed by atoms with van der Waals surface area (Å²) in [6.45, 7) is 8.10. The molecular formula is C14H20ClN3. The Labute approximate surface area is 114 Å². The second-order valence-corrected chi connectivity index (χ2v) is 4.53. The molecule has 1 unspecified atom stereocenters. The van der Waals surface area contributed by atoms with Crippen LogP contribution in [0.3, 0.4) is 0 Å². The molecular weight excluding hydrogens is 246 g/mol. The molecule has 0 aliphatic carbocycles. The SMILES string of the molecule is CCN(CC)CCNC(C#N)c1cccc(Cl)c1. The molecule has 0 saturated heterocycles. The minimum absolute atomic E-state index is 0.292. The summed E-state index contributed by atoms with van der Waals surface area (Å²) in [5, 5.41) is 13.1. The molecule has 98 valence electrons. The number of nitrogens with zero attached hydrogens (tertiary/aromatic N) is 2. The van der Waals surface area contributed by atoms with Gasteiger partial charge in [0.25, 0.3) is 0 Å². The highest BCUT2D eigenvalue weighted by Crippen LogP contribution is 2.16. The van der Waals surface area contributed by atoms with E-state index in [1.165, 1.54) is 0 Å². The molecule has 1 atom stereocenters. The van der Waals surface area contributed by atoms with Crippen LogP contribution in [0.25, 0.3) is 0 Å². The fourth-order valence-corrected chi connectivity index (χ4v) is 2.03. The molecule has 0 aliphatic heterocycles. The van der Waals surface area contributed by atoms with Gasteiger partial charge in [-0.15, -0.1) is 0 Å². The van der Waals surface area contributed by atoms with Gasteiger partial charge < -0.3 is 4.90 Å². The maximum atomic E-state index is 9.18. The second kappa shape index (κ2) is 8.10. The maximum absolute atomic E-state index is 9.18. The van der Waals surface area contributed by atoms with E-state index in [9.17, 15) is 5.26 Å². The van der Waals surface area contributed by atoms with E-state index in [2.05, 4.69) is 30.1 Å². The van der Waals surface area contributed by atoms with Crippen LogP contribution >= 0.6 is 11.6 Å². The lowest BCUT2D eigenvalue weighted by molar-refractivity contribution is 0.300. The first-order valence-corrected chi connectivity index (χ1v) is 6.69. The molecule has 0 spiro atoms. The van der Waals surface area contributed by atoms with Crippen LogP contribution in [0.5, 0.6) is 0 Å². The topological polar surface area (TPSA) is 39.1 Å². The predicted molar refractivity (Wildman–Crippen MR) is 75.6 cm³/mol. The molecule has 0 radical (unpaired) electrons. The van der Waals surface area contributed by atoms with E-state index in [0.29, 0.717) is 5.02 Å². The molecule has 1 aromatic carbocycles. The molecule has 1 N–H and O–H groups in total. The van der Waals surface area contributed by atoms with Crippen LogP contribution in [-0.4, -0.2) is 31.1 Å². The number of rotatable bonds is 7. The number of hydrogen-bond acceptors (Lipinski definition) is 3. The highest BCUT2D eigenvalue weighted by molar-refractivity contribution is 6.30. The summed E-state index contributed by atoms with van der Waals surface area (Å²) in [4.78, 5) is 2.32. The third-order valence-electron chi connectivity index (χ3n) is 2.98. The van der Waals surface area contributed by atoms with Crippen molar-refractivity contribution in [2.75, 3.05) is 26.2 Å². The zero-order valence-corrected chi connectivity index (χ0v) is 11.7. The highest BCUT2D eigenvalue weighted by atomic mass is 35.5. The van der Waals surface area contributed by atoms with Gasteiger partial charge in [-0.1, -0.05) is 37.6 Å². The van der Waals surface area contributed by atoms with Crippen molar-refractivity contribution in [1.82, 2.24) is 10.2 Å². The fourth-order valence-electron chi connectivity index (χ4n) is 1.83. The Morgan fingerprint density at radius 2 is 2.11 bits per heavy atom. The lowest BCUT2D eigenvalue weighted by Crippen LogP contribution is -2.33. The van der Waals surface area contributed by atoms with Crippen molar-refractivity contribution >= 4 is 11.6 Å². The van der Waals surface area contributed by atoms with E-state index in [-0.39, 0.29) is 6.04 Å². The van der Waals surface area contributed by atoms with Crippen molar-refractivity contribution in [1.29, 1.82) is 5.26 Å². The summed E-state index contributed by atoms with van der Waals surface area (Å²) in [5.41, 5.74) is 0.921. The van der Waals surface area contributed by atoms with Gasteiger partial charge in [0.2, 0.25) is 0 Å². The van der Waals surface area contributed by atoms with E-state index in [0.717, 1.165) is 31.7 Å². The normalized spacial score (nSPS) is 12.4. The Balaban J connectivity index is 2.51. The van der Waals surface area contributed by atoms with Gasteiger partial charge in [-0.3, -0.25) is 5.32 Å². The second-order valence-electron chi connectivity index (χ2n) is 4.10. The van der Waals surface area contributed by atoms with E-state index in [1.807, 2.05) is 24.3 Å². The van der Waals surface area contributed by atoms with Gasteiger partial charge in [0.05, 0.1) is 6.07 Å². The lowest BCUT2D eigenvalue weighted by Gasteiger charge is -2.19. The zero-order chi connectivity index (χ0) is 13.4. The average molecular weight is 266 g/mol. The fraction of sp³-hybridized carbons (Fsp3) is 0.500. The Bertz CT molecular complexity index is 396. The smallest absolute Gasteiger partial charge is 0.121 e. The van der Waals surface area contributed by atoms with E-state index >= 15 is 0 Å². The van der Waals surface area contributed by atoms with Gasteiger partial charge in [0.15, 0.2) is 0 Å². The first-order valence-electron chi connectivity index (χ1n) is 6.32. The van der Waals surface area contributed by atoms with Gasteiger partial charge in [0.1, 0.15) is 6.04 Å². The number of nitrogens with one attached hydrogen (secondary N) is 1. The molecule has 0 bridgehead atoms. The summed E-state index contributed by atoms with van der Waals surface area (Å²) in [6, 6.07) is 9.41. The molecule has 0 aliphatic rings. The Hall–Kier alpha value is -1.08. The molecule has 18 heavy (non-hydrogen) atoms.